The fourth-order valence-electron chi connectivity index (χ4n) is 5.46. The highest BCUT2D eigenvalue weighted by Crippen LogP contribution is 2.44. The molecule has 34 heavy (non-hydrogen) atoms. The van der Waals surface area contributed by atoms with Gasteiger partial charge in [0.25, 0.3) is 0 Å². The second-order valence-corrected chi connectivity index (χ2v) is 10.9. The Hall–Kier alpha value is -2.82. The quantitative estimate of drug-likeness (QED) is 0.562. The summed E-state index contributed by atoms with van der Waals surface area (Å²) in [7, 11) is 1.70. The van der Waals surface area contributed by atoms with Gasteiger partial charge in [-0.15, -0.1) is 0 Å². The minimum atomic E-state index is -0.530. The van der Waals surface area contributed by atoms with Crippen LogP contribution in [0.15, 0.2) is 48.5 Å². The summed E-state index contributed by atoms with van der Waals surface area (Å²) in [5, 5.41) is 3.08. The Morgan fingerprint density at radius 1 is 0.971 bits per heavy atom. The molecule has 182 valence electrons. The molecule has 2 amide bonds. The van der Waals surface area contributed by atoms with E-state index in [2.05, 4.69) is 29.6 Å². The predicted octanol–water partition coefficient (Wildman–Crippen LogP) is 6.12. The molecule has 5 heteroatoms. The number of nitrogens with zero attached hydrogens (tertiary/aromatic N) is 1. The van der Waals surface area contributed by atoms with Crippen molar-refractivity contribution >= 4 is 12.0 Å². The fourth-order valence-corrected chi connectivity index (χ4v) is 5.46. The van der Waals surface area contributed by atoms with Crippen molar-refractivity contribution in [3.05, 3.63) is 59.7 Å². The number of hydrogen-bond acceptors (Lipinski definition) is 3. The molecule has 1 saturated carbocycles. The van der Waals surface area contributed by atoms with E-state index in [4.69, 9.17) is 4.74 Å². The summed E-state index contributed by atoms with van der Waals surface area (Å²) in [6.07, 6.45) is 6.15. The van der Waals surface area contributed by atoms with Gasteiger partial charge in [0.15, 0.2) is 0 Å². The number of carbonyl (C=O) groups is 2. The zero-order valence-electron chi connectivity index (χ0n) is 21.0. The van der Waals surface area contributed by atoms with E-state index in [1.165, 1.54) is 46.4 Å². The Morgan fingerprint density at radius 2 is 1.53 bits per heavy atom. The van der Waals surface area contributed by atoms with Gasteiger partial charge >= 0.3 is 6.09 Å². The van der Waals surface area contributed by atoms with Crippen molar-refractivity contribution in [2.24, 2.45) is 5.92 Å². The molecule has 2 aromatic carbocycles. The maximum absolute atomic E-state index is 13.2. The van der Waals surface area contributed by atoms with Gasteiger partial charge in [-0.25, -0.2) is 4.79 Å². The number of carbonyl (C=O) groups excluding carboxylic acids is 2. The van der Waals surface area contributed by atoms with E-state index < -0.39 is 12.1 Å². The Balaban J connectivity index is 1.47. The molecule has 0 heterocycles. The van der Waals surface area contributed by atoms with E-state index in [1.807, 2.05) is 45.0 Å². The molecule has 0 bridgehead atoms. The van der Waals surface area contributed by atoms with Crippen molar-refractivity contribution in [1.29, 1.82) is 0 Å². The normalized spacial score (nSPS) is 16.9. The third-order valence-corrected chi connectivity index (χ3v) is 7.17. The first-order chi connectivity index (χ1) is 16.2. The van der Waals surface area contributed by atoms with E-state index in [9.17, 15) is 9.59 Å². The Bertz CT molecular complexity index is 975. The monoisotopic (exact) mass is 462 g/mol. The van der Waals surface area contributed by atoms with E-state index in [0.717, 1.165) is 12.8 Å². The average Bonchev–Trinajstić information content (AvgIpc) is 3.14. The summed E-state index contributed by atoms with van der Waals surface area (Å²) >= 11 is 0. The van der Waals surface area contributed by atoms with Crippen LogP contribution >= 0.6 is 0 Å². The summed E-state index contributed by atoms with van der Waals surface area (Å²) in [5.74, 6) is 0.368. The Morgan fingerprint density at radius 3 is 2.09 bits per heavy atom. The SMILES string of the molecule is CN(C(=O)OCC1c2ccccc2-c2ccccc21)[C@@H](CC1CCCCC1)C(=O)NC(C)(C)C. The second-order valence-electron chi connectivity index (χ2n) is 10.9. The molecule has 1 atom stereocenters. The van der Waals surface area contributed by atoms with Gasteiger partial charge in [-0.2, -0.15) is 0 Å². The number of nitrogens with one attached hydrogen (secondary N) is 1. The van der Waals surface area contributed by atoms with Gasteiger partial charge < -0.3 is 10.1 Å². The molecular formula is C29H38N2O3. The maximum Gasteiger partial charge on any atom is 0.410 e. The largest absolute Gasteiger partial charge is 0.448 e. The van der Waals surface area contributed by atoms with Gasteiger partial charge in [0.1, 0.15) is 12.6 Å². The van der Waals surface area contributed by atoms with Crippen LogP contribution in [-0.4, -0.2) is 42.1 Å². The average molecular weight is 463 g/mol. The lowest BCUT2D eigenvalue weighted by molar-refractivity contribution is -0.127. The first-order valence-corrected chi connectivity index (χ1v) is 12.6. The Labute approximate surface area is 203 Å². The minimum Gasteiger partial charge on any atom is -0.448 e. The smallest absolute Gasteiger partial charge is 0.410 e. The number of hydrogen-bond donors (Lipinski definition) is 1. The standard InChI is InChI=1S/C29H38N2O3/c1-29(2,3)30-27(32)26(18-20-12-6-5-7-13-20)31(4)28(33)34-19-25-23-16-10-8-14-21(23)22-15-9-11-17-24(22)25/h8-11,14-17,20,25-26H,5-7,12-13,18-19H2,1-4H3,(H,30,32)/t26-/m0/s1. The Kier molecular flexibility index (Phi) is 7.30. The molecule has 2 aliphatic carbocycles. The summed E-state index contributed by atoms with van der Waals surface area (Å²) < 4.78 is 5.86. The molecule has 0 spiro atoms. The van der Waals surface area contributed by atoms with Gasteiger partial charge in [-0.05, 0) is 55.4 Å². The van der Waals surface area contributed by atoms with Crippen molar-refractivity contribution in [3.8, 4) is 11.1 Å². The minimum absolute atomic E-state index is 0.00458. The molecule has 1 N–H and O–H groups in total. The van der Waals surface area contributed by atoms with Gasteiger partial charge in [-0.3, -0.25) is 9.69 Å². The zero-order valence-corrected chi connectivity index (χ0v) is 21.0. The topological polar surface area (TPSA) is 58.6 Å². The first-order valence-electron chi connectivity index (χ1n) is 12.6. The van der Waals surface area contributed by atoms with Crippen LogP contribution in [0, 0.1) is 5.92 Å². The van der Waals surface area contributed by atoms with E-state index in [0.29, 0.717) is 12.3 Å². The van der Waals surface area contributed by atoms with Gasteiger partial charge in [0.05, 0.1) is 0 Å². The van der Waals surface area contributed by atoms with Crippen LogP contribution in [-0.2, 0) is 9.53 Å². The molecule has 0 saturated heterocycles. The third-order valence-electron chi connectivity index (χ3n) is 7.17. The van der Waals surface area contributed by atoms with Crippen LogP contribution < -0.4 is 5.32 Å². The summed E-state index contributed by atoms with van der Waals surface area (Å²) in [4.78, 5) is 27.9. The molecule has 0 aliphatic heterocycles. The van der Waals surface area contributed by atoms with Crippen molar-refractivity contribution < 1.29 is 14.3 Å². The second kappa shape index (κ2) is 10.2. The zero-order chi connectivity index (χ0) is 24.3. The lowest BCUT2D eigenvalue weighted by Crippen LogP contribution is -2.53. The van der Waals surface area contributed by atoms with E-state index in [1.54, 1.807) is 7.05 Å². The lowest BCUT2D eigenvalue weighted by atomic mass is 9.84. The van der Waals surface area contributed by atoms with Crippen molar-refractivity contribution in [3.63, 3.8) is 0 Å². The molecule has 0 radical (unpaired) electrons. The number of benzene rings is 2. The number of ether oxygens (including phenoxy) is 1. The van der Waals surface area contributed by atoms with Crippen LogP contribution in [0.1, 0.15) is 76.3 Å². The number of rotatable bonds is 6. The third kappa shape index (κ3) is 5.45. The van der Waals surface area contributed by atoms with E-state index >= 15 is 0 Å². The molecule has 4 rings (SSSR count). The highest BCUT2D eigenvalue weighted by atomic mass is 16.6. The highest BCUT2D eigenvalue weighted by Gasteiger charge is 2.34. The van der Waals surface area contributed by atoms with Crippen LogP contribution in [0.4, 0.5) is 4.79 Å². The van der Waals surface area contributed by atoms with Gasteiger partial charge in [-0.1, -0.05) is 80.6 Å². The van der Waals surface area contributed by atoms with Crippen molar-refractivity contribution in [2.45, 2.75) is 76.8 Å². The first kappa shape index (κ1) is 24.3. The summed E-state index contributed by atoms with van der Waals surface area (Å²) in [5.41, 5.74) is 4.41. The highest BCUT2D eigenvalue weighted by molar-refractivity contribution is 5.86. The van der Waals surface area contributed by atoms with E-state index in [-0.39, 0.29) is 24.0 Å². The van der Waals surface area contributed by atoms with Crippen molar-refractivity contribution in [2.75, 3.05) is 13.7 Å². The van der Waals surface area contributed by atoms with Gasteiger partial charge in [0, 0.05) is 18.5 Å². The molecule has 1 fully saturated rings. The van der Waals surface area contributed by atoms with Crippen LogP contribution in [0.2, 0.25) is 0 Å². The summed E-state index contributed by atoms with van der Waals surface area (Å²) in [6, 6.07) is 16.1. The number of amides is 2. The fraction of sp³-hybridized carbons (Fsp3) is 0.517. The van der Waals surface area contributed by atoms with Crippen molar-refractivity contribution in [1.82, 2.24) is 10.2 Å². The molecule has 5 nitrogen and oxygen atoms in total. The number of fused-ring (bicyclic) bond motifs is 3. The summed E-state index contributed by atoms with van der Waals surface area (Å²) in [6.45, 7) is 6.16. The molecule has 0 aromatic heterocycles. The molecule has 2 aromatic rings. The van der Waals surface area contributed by atoms with Crippen LogP contribution in [0.5, 0.6) is 0 Å². The molecule has 0 unspecified atom stereocenters. The number of likely N-dealkylation sites (N-methyl/N-ethyl adjacent to an activating group) is 1. The molecule has 2 aliphatic rings. The predicted molar refractivity (Wildman–Crippen MR) is 136 cm³/mol. The van der Waals surface area contributed by atoms with Gasteiger partial charge in [0.2, 0.25) is 5.91 Å². The van der Waals surface area contributed by atoms with Crippen LogP contribution in [0.25, 0.3) is 11.1 Å². The molecular weight excluding hydrogens is 424 g/mol. The maximum atomic E-state index is 13.2. The van der Waals surface area contributed by atoms with Crippen LogP contribution in [0.3, 0.4) is 0 Å². The lowest BCUT2D eigenvalue weighted by Gasteiger charge is -2.33.